The molecule has 0 saturated carbocycles. The van der Waals surface area contributed by atoms with Crippen molar-refractivity contribution in [1.29, 1.82) is 0 Å². The fourth-order valence-corrected chi connectivity index (χ4v) is 5.45. The van der Waals surface area contributed by atoms with E-state index in [2.05, 4.69) is 4.98 Å². The molecule has 1 N–H and O–H groups in total. The molecule has 22 heavy (non-hydrogen) atoms. The van der Waals surface area contributed by atoms with Crippen LogP contribution in [0, 0.1) is 5.92 Å². The molecule has 1 saturated heterocycles. The highest BCUT2D eigenvalue weighted by atomic mass is 32.2. The lowest BCUT2D eigenvalue weighted by molar-refractivity contribution is -0.144. The average molecular weight is 340 g/mol. The Labute approximate surface area is 132 Å². The van der Waals surface area contributed by atoms with E-state index in [0.717, 1.165) is 20.9 Å². The van der Waals surface area contributed by atoms with E-state index in [1.54, 1.807) is 24.6 Å². The van der Waals surface area contributed by atoms with Gasteiger partial charge in [0, 0.05) is 6.54 Å². The molecule has 0 bridgehead atoms. The summed E-state index contributed by atoms with van der Waals surface area (Å²) in [6, 6.07) is 3.72. The fourth-order valence-electron chi connectivity index (χ4n) is 2.92. The van der Waals surface area contributed by atoms with Gasteiger partial charge in [-0.25, -0.2) is 13.4 Å². The second-order valence-electron chi connectivity index (χ2n) is 5.50. The van der Waals surface area contributed by atoms with Crippen LogP contribution in [0.1, 0.15) is 19.8 Å². The van der Waals surface area contributed by atoms with Crippen LogP contribution in [0.5, 0.6) is 0 Å². The summed E-state index contributed by atoms with van der Waals surface area (Å²) < 4.78 is 27.6. The predicted octanol–water partition coefficient (Wildman–Crippen LogP) is 2.17. The van der Waals surface area contributed by atoms with Gasteiger partial charge in [-0.05, 0) is 37.0 Å². The molecule has 2 unspecified atom stereocenters. The summed E-state index contributed by atoms with van der Waals surface area (Å²) in [5.41, 5.74) is 2.40. The minimum Gasteiger partial charge on any atom is -0.480 e. The van der Waals surface area contributed by atoms with E-state index in [1.165, 1.54) is 17.4 Å². The van der Waals surface area contributed by atoms with E-state index in [1.807, 2.05) is 0 Å². The molecule has 0 radical (unpaired) electrons. The molecule has 6 nitrogen and oxygen atoms in total. The number of benzene rings is 1. The van der Waals surface area contributed by atoms with Gasteiger partial charge in [-0.3, -0.25) is 4.79 Å². The van der Waals surface area contributed by atoms with Crippen molar-refractivity contribution in [3.8, 4) is 0 Å². The molecular weight excluding hydrogens is 324 g/mol. The molecule has 0 aliphatic carbocycles. The zero-order chi connectivity index (χ0) is 15.9. The number of hydrogen-bond acceptors (Lipinski definition) is 5. The van der Waals surface area contributed by atoms with E-state index in [-0.39, 0.29) is 17.4 Å². The van der Waals surface area contributed by atoms with Gasteiger partial charge in [-0.1, -0.05) is 6.92 Å². The Kier molecular flexibility index (Phi) is 3.92. The Bertz CT molecular complexity index is 815. The zero-order valence-electron chi connectivity index (χ0n) is 12.0. The van der Waals surface area contributed by atoms with Crippen molar-refractivity contribution in [2.45, 2.75) is 30.7 Å². The van der Waals surface area contributed by atoms with Crippen molar-refractivity contribution < 1.29 is 18.3 Å². The van der Waals surface area contributed by atoms with Crippen LogP contribution in [0.4, 0.5) is 0 Å². The lowest BCUT2D eigenvalue weighted by atomic mass is 9.93. The SMILES string of the molecule is CC1CCCN(S(=O)(=O)c2ccc3ncsc3c2)C1C(=O)O. The van der Waals surface area contributed by atoms with Crippen LogP contribution in [-0.2, 0) is 14.8 Å². The van der Waals surface area contributed by atoms with Gasteiger partial charge in [-0.15, -0.1) is 11.3 Å². The summed E-state index contributed by atoms with van der Waals surface area (Å²) >= 11 is 1.36. The number of aromatic nitrogens is 1. The first-order chi connectivity index (χ1) is 10.4. The minimum absolute atomic E-state index is 0.129. The highest BCUT2D eigenvalue weighted by Gasteiger charge is 2.41. The quantitative estimate of drug-likeness (QED) is 0.925. The van der Waals surface area contributed by atoms with Crippen molar-refractivity contribution in [2.75, 3.05) is 6.54 Å². The molecule has 1 aromatic heterocycles. The summed E-state index contributed by atoms with van der Waals surface area (Å²) in [7, 11) is -3.83. The molecule has 1 aliphatic rings. The van der Waals surface area contributed by atoms with E-state index in [4.69, 9.17) is 0 Å². The van der Waals surface area contributed by atoms with Gasteiger partial charge in [0.05, 0.1) is 20.6 Å². The second kappa shape index (κ2) is 5.60. The molecule has 2 aromatic rings. The van der Waals surface area contributed by atoms with Gasteiger partial charge in [0.25, 0.3) is 0 Å². The van der Waals surface area contributed by atoms with Crippen molar-refractivity contribution in [3.05, 3.63) is 23.7 Å². The van der Waals surface area contributed by atoms with E-state index in [0.29, 0.717) is 6.42 Å². The first-order valence-electron chi connectivity index (χ1n) is 6.99. The van der Waals surface area contributed by atoms with Crippen LogP contribution in [-0.4, -0.2) is 41.4 Å². The zero-order valence-corrected chi connectivity index (χ0v) is 13.6. The molecule has 8 heteroatoms. The highest BCUT2D eigenvalue weighted by molar-refractivity contribution is 7.89. The summed E-state index contributed by atoms with van der Waals surface area (Å²) in [5, 5.41) is 9.41. The third kappa shape index (κ3) is 2.51. The van der Waals surface area contributed by atoms with E-state index in [9.17, 15) is 18.3 Å². The van der Waals surface area contributed by atoms with Crippen molar-refractivity contribution in [3.63, 3.8) is 0 Å². The number of carboxylic acids is 1. The largest absolute Gasteiger partial charge is 0.480 e. The Hall–Kier alpha value is -1.51. The topological polar surface area (TPSA) is 87.6 Å². The number of hydrogen-bond donors (Lipinski definition) is 1. The van der Waals surface area contributed by atoms with Gasteiger partial charge >= 0.3 is 5.97 Å². The summed E-state index contributed by atoms with van der Waals surface area (Å²) in [6.45, 7) is 2.03. The lowest BCUT2D eigenvalue weighted by Gasteiger charge is -2.36. The smallest absolute Gasteiger partial charge is 0.322 e. The first kappa shape index (κ1) is 15.4. The van der Waals surface area contributed by atoms with Crippen molar-refractivity contribution in [2.24, 2.45) is 5.92 Å². The van der Waals surface area contributed by atoms with Crippen molar-refractivity contribution in [1.82, 2.24) is 9.29 Å². The number of rotatable bonds is 3. The Morgan fingerprint density at radius 2 is 2.23 bits per heavy atom. The molecular formula is C14H16N2O4S2. The molecule has 0 amide bonds. The summed E-state index contributed by atoms with van der Waals surface area (Å²) in [4.78, 5) is 15.8. The number of thiazole rings is 1. The van der Waals surface area contributed by atoms with Crippen LogP contribution in [0.3, 0.4) is 0 Å². The molecule has 2 atom stereocenters. The predicted molar refractivity (Wildman–Crippen MR) is 83.3 cm³/mol. The Morgan fingerprint density at radius 1 is 1.45 bits per heavy atom. The Morgan fingerprint density at radius 3 is 2.95 bits per heavy atom. The molecule has 1 aliphatic heterocycles. The first-order valence-corrected chi connectivity index (χ1v) is 9.31. The summed E-state index contributed by atoms with van der Waals surface area (Å²) in [5.74, 6) is -1.29. The molecule has 118 valence electrons. The second-order valence-corrected chi connectivity index (χ2v) is 8.28. The van der Waals surface area contributed by atoms with Crippen molar-refractivity contribution >= 4 is 37.5 Å². The molecule has 2 heterocycles. The minimum atomic E-state index is -3.83. The van der Waals surface area contributed by atoms with Gasteiger partial charge in [-0.2, -0.15) is 4.31 Å². The van der Waals surface area contributed by atoms with Gasteiger partial charge in [0.2, 0.25) is 10.0 Å². The average Bonchev–Trinajstić information content (AvgIpc) is 2.93. The lowest BCUT2D eigenvalue weighted by Crippen LogP contribution is -2.51. The Balaban J connectivity index is 2.05. The maximum absolute atomic E-state index is 12.9. The van der Waals surface area contributed by atoms with Crippen LogP contribution in [0.2, 0.25) is 0 Å². The molecule has 3 rings (SSSR count). The van der Waals surface area contributed by atoms with Crippen LogP contribution < -0.4 is 0 Å². The molecule has 1 fully saturated rings. The standard InChI is InChI=1S/C14H16N2O4S2/c1-9-3-2-6-16(13(9)14(17)18)22(19,20)10-4-5-11-12(7-10)21-8-15-11/h4-5,7-9,13H,2-3,6H2,1H3,(H,17,18). The monoisotopic (exact) mass is 340 g/mol. The normalized spacial score (nSPS) is 23.7. The number of sulfonamides is 1. The highest BCUT2D eigenvalue weighted by Crippen LogP contribution is 2.31. The molecule has 1 aromatic carbocycles. The van der Waals surface area contributed by atoms with Gasteiger partial charge in [0.1, 0.15) is 6.04 Å². The summed E-state index contributed by atoms with van der Waals surface area (Å²) in [6.07, 6.45) is 1.39. The number of nitrogens with zero attached hydrogens (tertiary/aromatic N) is 2. The van der Waals surface area contributed by atoms with Crippen LogP contribution in [0.15, 0.2) is 28.6 Å². The van der Waals surface area contributed by atoms with E-state index >= 15 is 0 Å². The van der Waals surface area contributed by atoms with Gasteiger partial charge < -0.3 is 5.11 Å². The van der Waals surface area contributed by atoms with Crippen LogP contribution >= 0.6 is 11.3 Å². The fraction of sp³-hybridized carbons (Fsp3) is 0.429. The maximum atomic E-state index is 12.9. The van der Waals surface area contributed by atoms with E-state index < -0.39 is 22.0 Å². The molecule has 0 spiro atoms. The maximum Gasteiger partial charge on any atom is 0.322 e. The van der Waals surface area contributed by atoms with Crippen LogP contribution in [0.25, 0.3) is 10.2 Å². The number of fused-ring (bicyclic) bond motifs is 1. The third-order valence-corrected chi connectivity index (χ3v) is 6.72. The number of aliphatic carboxylic acids is 1. The third-order valence-electron chi connectivity index (χ3n) is 4.05. The number of piperidine rings is 1. The number of carbonyl (C=O) groups is 1. The number of carboxylic acid groups (broad SMARTS) is 1. The van der Waals surface area contributed by atoms with Gasteiger partial charge in [0.15, 0.2) is 0 Å².